The maximum absolute atomic E-state index is 12.9. The highest BCUT2D eigenvalue weighted by molar-refractivity contribution is 7.05. The van der Waals surface area contributed by atoms with Crippen LogP contribution in [0.15, 0.2) is 47.8 Å². The number of carbonyl (C=O) groups is 1. The van der Waals surface area contributed by atoms with Crippen LogP contribution in [0.2, 0.25) is 0 Å². The van der Waals surface area contributed by atoms with Crippen molar-refractivity contribution in [3.63, 3.8) is 0 Å². The molecule has 0 aliphatic rings. The topological polar surface area (TPSA) is 76.4 Å². The van der Waals surface area contributed by atoms with Crippen LogP contribution in [0.1, 0.15) is 22.3 Å². The maximum Gasteiger partial charge on any atom is 0.416 e. The molecule has 2 N–H and O–H groups in total. The van der Waals surface area contributed by atoms with Crippen molar-refractivity contribution >= 4 is 39.4 Å². The lowest BCUT2D eigenvalue weighted by molar-refractivity contribution is -0.137. The van der Waals surface area contributed by atoms with E-state index in [-0.39, 0.29) is 12.5 Å². The SMILES string of the molecule is COCC[C@H](CO)NC(=O)c1ccc2c(c1)c1csnc1n2-c1ccc(C(F)(F)F)cc1. The number of nitrogens with one attached hydrogen (secondary N) is 1. The molecule has 168 valence electrons. The summed E-state index contributed by atoms with van der Waals surface area (Å²) in [4.78, 5) is 12.7. The Hall–Kier alpha value is -2.95. The number of methoxy groups -OCH3 is 1. The number of alkyl halides is 3. The van der Waals surface area contributed by atoms with Crippen molar-refractivity contribution in [1.82, 2.24) is 14.3 Å². The fourth-order valence-corrected chi connectivity index (χ4v) is 4.25. The van der Waals surface area contributed by atoms with Gasteiger partial charge in [0, 0.05) is 41.1 Å². The van der Waals surface area contributed by atoms with Gasteiger partial charge >= 0.3 is 6.18 Å². The van der Waals surface area contributed by atoms with Crippen LogP contribution in [0.5, 0.6) is 0 Å². The molecule has 0 fully saturated rings. The number of amides is 1. The number of ether oxygens (including phenoxy) is 1. The predicted molar refractivity (Wildman–Crippen MR) is 116 cm³/mol. The highest BCUT2D eigenvalue weighted by atomic mass is 32.1. The molecule has 6 nitrogen and oxygen atoms in total. The van der Waals surface area contributed by atoms with Crippen molar-refractivity contribution in [3.8, 4) is 5.69 Å². The number of nitrogens with zero attached hydrogens (tertiary/aromatic N) is 2. The van der Waals surface area contributed by atoms with Crippen LogP contribution in [0.4, 0.5) is 13.2 Å². The Bertz CT molecular complexity index is 1250. The van der Waals surface area contributed by atoms with Crippen LogP contribution in [0, 0.1) is 0 Å². The average molecular weight is 463 g/mol. The summed E-state index contributed by atoms with van der Waals surface area (Å²) in [5.41, 5.74) is 1.56. The molecule has 0 saturated carbocycles. The van der Waals surface area contributed by atoms with Gasteiger partial charge in [-0.15, -0.1) is 0 Å². The summed E-state index contributed by atoms with van der Waals surface area (Å²) in [5, 5.41) is 15.7. The molecule has 1 atom stereocenters. The van der Waals surface area contributed by atoms with Crippen LogP contribution in [0.25, 0.3) is 27.6 Å². The molecule has 4 rings (SSSR count). The number of halogens is 3. The number of fused-ring (bicyclic) bond motifs is 3. The molecular formula is C22H20F3N3O3S. The normalized spacial score (nSPS) is 13.0. The zero-order valence-corrected chi connectivity index (χ0v) is 17.8. The minimum Gasteiger partial charge on any atom is -0.394 e. The van der Waals surface area contributed by atoms with E-state index in [2.05, 4.69) is 9.69 Å². The second-order valence-corrected chi connectivity index (χ2v) is 7.93. The van der Waals surface area contributed by atoms with Gasteiger partial charge in [0.15, 0.2) is 5.65 Å². The smallest absolute Gasteiger partial charge is 0.394 e. The first-order chi connectivity index (χ1) is 15.3. The van der Waals surface area contributed by atoms with Crippen molar-refractivity contribution < 1.29 is 27.8 Å². The van der Waals surface area contributed by atoms with E-state index in [1.165, 1.54) is 23.7 Å². The van der Waals surface area contributed by atoms with E-state index >= 15 is 0 Å². The van der Waals surface area contributed by atoms with Gasteiger partial charge in [-0.3, -0.25) is 9.36 Å². The van der Waals surface area contributed by atoms with Gasteiger partial charge in [-0.2, -0.15) is 17.5 Å². The molecule has 0 aliphatic carbocycles. The third-order valence-corrected chi connectivity index (χ3v) is 5.85. The number of benzene rings is 2. The van der Waals surface area contributed by atoms with Gasteiger partial charge in [0.05, 0.1) is 23.7 Å². The molecule has 1 amide bonds. The van der Waals surface area contributed by atoms with Crippen molar-refractivity contribution in [2.24, 2.45) is 0 Å². The molecule has 0 bridgehead atoms. The summed E-state index contributed by atoms with van der Waals surface area (Å²) < 4.78 is 50.0. The molecule has 2 aromatic carbocycles. The summed E-state index contributed by atoms with van der Waals surface area (Å²) in [6.07, 6.45) is -3.94. The van der Waals surface area contributed by atoms with Gasteiger partial charge in [-0.05, 0) is 60.4 Å². The molecule has 4 aromatic rings. The van der Waals surface area contributed by atoms with Crippen LogP contribution in [-0.4, -0.2) is 46.3 Å². The van der Waals surface area contributed by atoms with Gasteiger partial charge in [-0.1, -0.05) is 0 Å². The number of carbonyl (C=O) groups excluding carboxylic acids is 1. The molecule has 2 aromatic heterocycles. The first-order valence-corrected chi connectivity index (χ1v) is 10.6. The number of rotatable bonds is 7. The van der Waals surface area contributed by atoms with Crippen molar-refractivity contribution in [3.05, 3.63) is 59.0 Å². The second kappa shape index (κ2) is 8.89. The van der Waals surface area contributed by atoms with Crippen LogP contribution in [0.3, 0.4) is 0 Å². The summed E-state index contributed by atoms with van der Waals surface area (Å²) in [7, 11) is 1.55. The Morgan fingerprint density at radius 3 is 2.62 bits per heavy atom. The molecular weight excluding hydrogens is 443 g/mol. The van der Waals surface area contributed by atoms with E-state index in [4.69, 9.17) is 4.74 Å². The first kappa shape index (κ1) is 22.3. The van der Waals surface area contributed by atoms with Crippen LogP contribution < -0.4 is 5.32 Å². The summed E-state index contributed by atoms with van der Waals surface area (Å²) in [6, 6.07) is 9.58. The lowest BCUT2D eigenvalue weighted by atomic mass is 10.1. The third-order valence-electron chi connectivity index (χ3n) is 5.23. The highest BCUT2D eigenvalue weighted by Crippen LogP contribution is 2.35. The summed E-state index contributed by atoms with van der Waals surface area (Å²) >= 11 is 1.23. The fraction of sp³-hybridized carbons (Fsp3) is 0.273. The lowest BCUT2D eigenvalue weighted by Crippen LogP contribution is -2.38. The monoisotopic (exact) mass is 463 g/mol. The Labute approximate surface area is 185 Å². The first-order valence-electron chi connectivity index (χ1n) is 9.80. The van der Waals surface area contributed by atoms with Crippen molar-refractivity contribution in [2.75, 3.05) is 20.3 Å². The Morgan fingerprint density at radius 1 is 1.22 bits per heavy atom. The van der Waals surface area contributed by atoms with E-state index in [1.54, 1.807) is 29.9 Å². The number of hydrogen-bond acceptors (Lipinski definition) is 5. The molecule has 32 heavy (non-hydrogen) atoms. The molecule has 10 heteroatoms. The Morgan fingerprint density at radius 2 is 1.97 bits per heavy atom. The fourth-order valence-electron chi connectivity index (χ4n) is 3.58. The van der Waals surface area contributed by atoms with Gasteiger partial charge in [-0.25, -0.2) is 0 Å². The third kappa shape index (κ3) is 4.21. The lowest BCUT2D eigenvalue weighted by Gasteiger charge is -2.16. The minimum atomic E-state index is -4.41. The molecule has 0 spiro atoms. The number of aromatic nitrogens is 2. The molecule has 0 unspecified atom stereocenters. The second-order valence-electron chi connectivity index (χ2n) is 7.30. The standard InChI is InChI=1S/C22H20F3N3O3S/c1-31-9-8-15(11-29)26-21(30)13-2-7-19-17(10-13)18-12-32-27-20(18)28(19)16-5-3-14(4-6-16)22(23,24)25/h2-7,10,12,15,29H,8-9,11H2,1H3,(H,26,30)/t15-/m1/s1. The number of hydrogen-bond donors (Lipinski definition) is 2. The number of aliphatic hydroxyl groups excluding tert-OH is 1. The quantitative estimate of drug-likeness (QED) is 0.426. The van der Waals surface area contributed by atoms with E-state index in [9.17, 15) is 23.1 Å². The van der Waals surface area contributed by atoms with E-state index < -0.39 is 17.8 Å². The van der Waals surface area contributed by atoms with Crippen LogP contribution in [-0.2, 0) is 10.9 Å². The maximum atomic E-state index is 12.9. The van der Waals surface area contributed by atoms with Gasteiger partial charge in [0.1, 0.15) is 0 Å². The van der Waals surface area contributed by atoms with E-state index in [1.807, 2.05) is 5.38 Å². The van der Waals surface area contributed by atoms with E-state index in [0.29, 0.717) is 29.9 Å². The summed E-state index contributed by atoms with van der Waals surface area (Å²) in [5.74, 6) is -0.333. The molecule has 0 saturated heterocycles. The van der Waals surface area contributed by atoms with Crippen LogP contribution >= 0.6 is 11.5 Å². The van der Waals surface area contributed by atoms with Crippen molar-refractivity contribution in [2.45, 2.75) is 18.6 Å². The van der Waals surface area contributed by atoms with Gasteiger partial charge in [0.25, 0.3) is 5.91 Å². The van der Waals surface area contributed by atoms with E-state index in [0.717, 1.165) is 28.4 Å². The molecule has 0 aliphatic heterocycles. The highest BCUT2D eigenvalue weighted by Gasteiger charge is 2.30. The largest absolute Gasteiger partial charge is 0.416 e. The molecule has 0 radical (unpaired) electrons. The zero-order valence-electron chi connectivity index (χ0n) is 17.0. The average Bonchev–Trinajstić information content (AvgIpc) is 3.36. The zero-order chi connectivity index (χ0) is 22.9. The summed E-state index contributed by atoms with van der Waals surface area (Å²) in [6.45, 7) is 0.196. The molecule has 2 heterocycles. The predicted octanol–water partition coefficient (Wildman–Crippen LogP) is 4.39. The van der Waals surface area contributed by atoms with Gasteiger partial charge in [0.2, 0.25) is 0 Å². The minimum absolute atomic E-state index is 0.208. The van der Waals surface area contributed by atoms with Crippen molar-refractivity contribution in [1.29, 1.82) is 0 Å². The Kier molecular flexibility index (Phi) is 6.18. The van der Waals surface area contributed by atoms with Gasteiger partial charge < -0.3 is 15.2 Å². The Balaban J connectivity index is 1.72. The number of aliphatic hydroxyl groups is 1.